The van der Waals surface area contributed by atoms with Gasteiger partial charge in [0.25, 0.3) is 0 Å². The Kier molecular flexibility index (Phi) is 5.60. The maximum Gasteiger partial charge on any atom is 0.205 e. The molecule has 0 heterocycles. The minimum absolute atomic E-state index is 0.397. The van der Waals surface area contributed by atoms with Crippen LogP contribution in [0.4, 0.5) is 0 Å². The third-order valence-electron chi connectivity index (χ3n) is 3.39. The van der Waals surface area contributed by atoms with Crippen LogP contribution in [-0.4, -0.2) is 19.0 Å². The van der Waals surface area contributed by atoms with E-state index in [-0.39, 0.29) is 0 Å². The van der Waals surface area contributed by atoms with Gasteiger partial charge >= 0.3 is 0 Å². The summed E-state index contributed by atoms with van der Waals surface area (Å²) in [6.07, 6.45) is 7.62. The largest absolute Gasteiger partial charge is 0.355 e. The number of nitrogens with zero attached hydrogens (tertiary/aromatic N) is 1. The highest BCUT2D eigenvalue weighted by molar-refractivity contribution is 5.79. The zero-order valence-corrected chi connectivity index (χ0v) is 10.7. The summed E-state index contributed by atoms with van der Waals surface area (Å²) in [6, 6.07) is 0. The average molecular weight is 226 g/mol. The molecule has 0 bridgehead atoms. The van der Waals surface area contributed by atoms with Gasteiger partial charge in [0, 0.05) is 13.1 Å². The van der Waals surface area contributed by atoms with Gasteiger partial charge < -0.3 is 5.32 Å². The molecule has 16 heavy (non-hydrogen) atoms. The Bertz CT molecular complexity index is 219. The highest BCUT2D eigenvalue weighted by Crippen LogP contribution is 2.37. The van der Waals surface area contributed by atoms with Gasteiger partial charge in [0.2, 0.25) is 5.96 Å². The molecule has 0 amide bonds. The molecule has 94 valence electrons. The molecule has 1 fully saturated rings. The monoisotopic (exact) mass is 226 g/mol. The van der Waals surface area contributed by atoms with Gasteiger partial charge in [-0.3, -0.25) is 10.4 Å². The molecule has 1 saturated carbocycles. The molecular formula is C12H26N4. The molecule has 0 radical (unpaired) electrons. The van der Waals surface area contributed by atoms with Crippen LogP contribution in [0.3, 0.4) is 0 Å². The van der Waals surface area contributed by atoms with Crippen LogP contribution in [0, 0.1) is 5.41 Å². The van der Waals surface area contributed by atoms with Crippen LogP contribution in [0.2, 0.25) is 0 Å². The number of hydrogen-bond acceptors (Lipinski definition) is 2. The number of hydrogen-bond donors (Lipinski definition) is 3. The summed E-state index contributed by atoms with van der Waals surface area (Å²) in [7, 11) is 0. The smallest absolute Gasteiger partial charge is 0.205 e. The Morgan fingerprint density at radius 2 is 2.06 bits per heavy atom. The van der Waals surface area contributed by atoms with Crippen molar-refractivity contribution in [3.63, 3.8) is 0 Å². The molecule has 4 nitrogen and oxygen atoms in total. The van der Waals surface area contributed by atoms with Crippen molar-refractivity contribution >= 4 is 5.96 Å². The second kappa shape index (κ2) is 6.74. The molecule has 0 unspecified atom stereocenters. The van der Waals surface area contributed by atoms with Crippen molar-refractivity contribution in [2.75, 3.05) is 13.1 Å². The first-order valence-electron chi connectivity index (χ1n) is 6.45. The van der Waals surface area contributed by atoms with Gasteiger partial charge in [0.15, 0.2) is 0 Å². The first-order valence-corrected chi connectivity index (χ1v) is 6.45. The van der Waals surface area contributed by atoms with E-state index in [1.165, 1.54) is 32.1 Å². The van der Waals surface area contributed by atoms with E-state index < -0.39 is 0 Å². The van der Waals surface area contributed by atoms with Crippen LogP contribution in [0.25, 0.3) is 0 Å². The average Bonchev–Trinajstić information content (AvgIpc) is 2.71. The fraction of sp³-hybridized carbons (Fsp3) is 0.917. The molecule has 0 atom stereocenters. The van der Waals surface area contributed by atoms with E-state index in [1.807, 2.05) is 0 Å². The summed E-state index contributed by atoms with van der Waals surface area (Å²) < 4.78 is 0. The van der Waals surface area contributed by atoms with Crippen LogP contribution in [0.1, 0.15) is 52.4 Å². The van der Waals surface area contributed by atoms with Crippen LogP contribution >= 0.6 is 0 Å². The number of nitrogens with two attached hydrogens (primary N) is 1. The summed E-state index contributed by atoms with van der Waals surface area (Å²) in [5, 5.41) is 3.23. The Hall–Kier alpha value is -0.770. The summed E-state index contributed by atoms with van der Waals surface area (Å²) >= 11 is 0. The van der Waals surface area contributed by atoms with Gasteiger partial charge in [0.05, 0.1) is 0 Å². The quantitative estimate of drug-likeness (QED) is 0.220. The van der Waals surface area contributed by atoms with Crippen molar-refractivity contribution in [1.82, 2.24) is 10.7 Å². The molecule has 0 aromatic heterocycles. The molecular weight excluding hydrogens is 200 g/mol. The van der Waals surface area contributed by atoms with E-state index in [0.29, 0.717) is 5.41 Å². The standard InChI is InChI=1S/C12H26N4/c1-3-4-9-14-11(16-13)15-10-12(2)7-5-6-8-12/h3-10,13H2,1-2H3,(H2,14,15,16). The first kappa shape index (κ1) is 13.3. The second-order valence-electron chi connectivity index (χ2n) is 5.11. The topological polar surface area (TPSA) is 62.4 Å². The van der Waals surface area contributed by atoms with Crippen molar-refractivity contribution < 1.29 is 0 Å². The summed E-state index contributed by atoms with van der Waals surface area (Å²) in [5.74, 6) is 6.18. The lowest BCUT2D eigenvalue weighted by atomic mass is 9.89. The molecule has 0 aromatic rings. The maximum absolute atomic E-state index is 5.44. The third kappa shape index (κ3) is 4.39. The fourth-order valence-electron chi connectivity index (χ4n) is 2.19. The predicted octanol–water partition coefficient (Wildman–Crippen LogP) is 1.78. The number of nitrogens with one attached hydrogen (secondary N) is 2. The highest BCUT2D eigenvalue weighted by atomic mass is 15.3. The highest BCUT2D eigenvalue weighted by Gasteiger charge is 2.28. The lowest BCUT2D eigenvalue weighted by molar-refractivity contribution is 0.350. The molecule has 4 N–H and O–H groups in total. The fourth-order valence-corrected chi connectivity index (χ4v) is 2.19. The van der Waals surface area contributed by atoms with Crippen molar-refractivity contribution in [1.29, 1.82) is 0 Å². The van der Waals surface area contributed by atoms with Gasteiger partial charge in [-0.25, -0.2) is 5.84 Å². The second-order valence-corrected chi connectivity index (χ2v) is 5.11. The Balaban J connectivity index is 2.33. The van der Waals surface area contributed by atoms with Crippen LogP contribution in [0.15, 0.2) is 4.99 Å². The number of aliphatic imine (C=N–C) groups is 1. The minimum Gasteiger partial charge on any atom is -0.355 e. The molecule has 1 rings (SSSR count). The minimum atomic E-state index is 0.397. The molecule has 0 aromatic carbocycles. The third-order valence-corrected chi connectivity index (χ3v) is 3.39. The summed E-state index contributed by atoms with van der Waals surface area (Å²) in [6.45, 7) is 6.32. The van der Waals surface area contributed by atoms with Gasteiger partial charge in [-0.1, -0.05) is 33.1 Å². The molecule has 0 spiro atoms. The molecule has 1 aliphatic carbocycles. The van der Waals surface area contributed by atoms with Crippen molar-refractivity contribution in [3.05, 3.63) is 0 Å². The van der Waals surface area contributed by atoms with E-state index in [9.17, 15) is 0 Å². The van der Waals surface area contributed by atoms with E-state index >= 15 is 0 Å². The van der Waals surface area contributed by atoms with Crippen LogP contribution < -0.4 is 16.6 Å². The predicted molar refractivity (Wildman–Crippen MR) is 69.1 cm³/mol. The summed E-state index contributed by atoms with van der Waals surface area (Å²) in [5.41, 5.74) is 3.04. The van der Waals surface area contributed by atoms with E-state index in [0.717, 1.165) is 25.5 Å². The zero-order chi connectivity index (χ0) is 11.9. The Labute approximate surface area is 99.1 Å². The summed E-state index contributed by atoms with van der Waals surface area (Å²) in [4.78, 5) is 4.54. The molecule has 1 aliphatic rings. The van der Waals surface area contributed by atoms with Crippen molar-refractivity contribution in [2.24, 2.45) is 16.3 Å². The zero-order valence-electron chi connectivity index (χ0n) is 10.7. The lowest BCUT2D eigenvalue weighted by Crippen LogP contribution is -2.42. The van der Waals surface area contributed by atoms with E-state index in [4.69, 9.17) is 5.84 Å². The number of hydrazine groups is 1. The van der Waals surface area contributed by atoms with E-state index in [1.54, 1.807) is 0 Å². The molecule has 0 aliphatic heterocycles. The van der Waals surface area contributed by atoms with Gasteiger partial charge in [0.1, 0.15) is 0 Å². The number of unbranched alkanes of at least 4 members (excludes halogenated alkanes) is 1. The van der Waals surface area contributed by atoms with Gasteiger partial charge in [-0.2, -0.15) is 0 Å². The SMILES string of the molecule is CCCCNC(=NCC1(C)CCCC1)NN. The number of guanidine groups is 1. The Morgan fingerprint density at radius 1 is 1.38 bits per heavy atom. The van der Waals surface area contributed by atoms with E-state index in [2.05, 4.69) is 29.6 Å². The number of rotatable bonds is 5. The lowest BCUT2D eigenvalue weighted by Gasteiger charge is -2.21. The van der Waals surface area contributed by atoms with Crippen LogP contribution in [0.5, 0.6) is 0 Å². The molecule has 4 heteroatoms. The molecule has 0 saturated heterocycles. The Morgan fingerprint density at radius 3 is 2.62 bits per heavy atom. The first-order chi connectivity index (χ1) is 7.70. The maximum atomic E-state index is 5.44. The van der Waals surface area contributed by atoms with Gasteiger partial charge in [-0.05, 0) is 24.7 Å². The normalized spacial score (nSPS) is 19.8. The van der Waals surface area contributed by atoms with Crippen LogP contribution in [-0.2, 0) is 0 Å². The van der Waals surface area contributed by atoms with Crippen molar-refractivity contribution in [3.8, 4) is 0 Å². The van der Waals surface area contributed by atoms with Crippen molar-refractivity contribution in [2.45, 2.75) is 52.4 Å². The van der Waals surface area contributed by atoms with Gasteiger partial charge in [-0.15, -0.1) is 0 Å².